The molecule has 0 aromatic heterocycles. The smallest absolute Gasteiger partial charge is 0.239 e. The zero-order valence-corrected chi connectivity index (χ0v) is 9.86. The number of nitrogens with one attached hydrogen (secondary N) is 1. The monoisotopic (exact) mass is 214 g/mol. The summed E-state index contributed by atoms with van der Waals surface area (Å²) in [5, 5.41) is 12.4. The van der Waals surface area contributed by atoms with Crippen molar-refractivity contribution in [2.24, 2.45) is 0 Å². The number of carbonyl (C=O) groups excluding carboxylic acids is 1. The Morgan fingerprint density at radius 2 is 2.33 bits per heavy atom. The van der Waals surface area contributed by atoms with Crippen molar-refractivity contribution in [3.8, 4) is 0 Å². The number of aliphatic hydroxyl groups is 1. The Bertz CT molecular complexity index is 221. The van der Waals surface area contributed by atoms with Gasteiger partial charge in [-0.3, -0.25) is 4.79 Å². The lowest BCUT2D eigenvalue weighted by atomic mass is 10.1. The average molecular weight is 214 g/mol. The number of aliphatic hydroxyl groups excluding tert-OH is 1. The van der Waals surface area contributed by atoms with E-state index in [2.05, 4.69) is 19.2 Å². The SMILES string of the molecule is CCCC(C)N(C)C(=O)C1CC(O)CN1. The van der Waals surface area contributed by atoms with Gasteiger partial charge in [-0.15, -0.1) is 0 Å². The maximum Gasteiger partial charge on any atom is 0.239 e. The summed E-state index contributed by atoms with van der Waals surface area (Å²) in [7, 11) is 1.84. The molecule has 15 heavy (non-hydrogen) atoms. The van der Waals surface area contributed by atoms with Crippen LogP contribution in [0.25, 0.3) is 0 Å². The van der Waals surface area contributed by atoms with Gasteiger partial charge in [-0.1, -0.05) is 13.3 Å². The summed E-state index contributed by atoms with van der Waals surface area (Å²) in [6, 6.07) is 0.0892. The summed E-state index contributed by atoms with van der Waals surface area (Å²) in [5.74, 6) is 0.104. The van der Waals surface area contributed by atoms with Crippen molar-refractivity contribution in [1.82, 2.24) is 10.2 Å². The first-order valence-corrected chi connectivity index (χ1v) is 5.74. The van der Waals surface area contributed by atoms with Crippen LogP contribution in [0.15, 0.2) is 0 Å². The minimum absolute atomic E-state index is 0.104. The van der Waals surface area contributed by atoms with E-state index >= 15 is 0 Å². The van der Waals surface area contributed by atoms with E-state index in [4.69, 9.17) is 0 Å². The van der Waals surface area contributed by atoms with Gasteiger partial charge in [-0.25, -0.2) is 0 Å². The molecule has 1 amide bonds. The van der Waals surface area contributed by atoms with Crippen molar-refractivity contribution >= 4 is 5.91 Å². The van der Waals surface area contributed by atoms with Crippen molar-refractivity contribution in [1.29, 1.82) is 0 Å². The van der Waals surface area contributed by atoms with Crippen LogP contribution in [0.4, 0.5) is 0 Å². The van der Waals surface area contributed by atoms with Crippen LogP contribution in [0.3, 0.4) is 0 Å². The molecule has 2 N–H and O–H groups in total. The Hall–Kier alpha value is -0.610. The fraction of sp³-hybridized carbons (Fsp3) is 0.909. The van der Waals surface area contributed by atoms with E-state index in [1.54, 1.807) is 4.90 Å². The van der Waals surface area contributed by atoms with Gasteiger partial charge in [0.2, 0.25) is 5.91 Å². The molecule has 4 heteroatoms. The zero-order chi connectivity index (χ0) is 11.4. The number of likely N-dealkylation sites (N-methyl/N-ethyl adjacent to an activating group) is 1. The third-order valence-corrected chi connectivity index (χ3v) is 3.12. The second-order valence-corrected chi connectivity index (χ2v) is 4.44. The van der Waals surface area contributed by atoms with E-state index in [-0.39, 0.29) is 24.1 Å². The van der Waals surface area contributed by atoms with Crippen LogP contribution in [-0.4, -0.2) is 47.7 Å². The summed E-state index contributed by atoms with van der Waals surface area (Å²) < 4.78 is 0. The van der Waals surface area contributed by atoms with Crippen LogP contribution in [0.2, 0.25) is 0 Å². The first-order chi connectivity index (χ1) is 7.06. The van der Waals surface area contributed by atoms with Gasteiger partial charge >= 0.3 is 0 Å². The van der Waals surface area contributed by atoms with Gasteiger partial charge in [0.05, 0.1) is 12.1 Å². The molecule has 1 aliphatic rings. The van der Waals surface area contributed by atoms with Crippen LogP contribution in [0.5, 0.6) is 0 Å². The van der Waals surface area contributed by atoms with Gasteiger partial charge in [0.25, 0.3) is 0 Å². The first-order valence-electron chi connectivity index (χ1n) is 5.74. The number of hydrogen-bond donors (Lipinski definition) is 2. The Kier molecular flexibility index (Phi) is 4.54. The molecule has 88 valence electrons. The normalized spacial score (nSPS) is 27.7. The van der Waals surface area contributed by atoms with Crippen LogP contribution in [-0.2, 0) is 4.79 Å². The van der Waals surface area contributed by atoms with Gasteiger partial charge in [0.15, 0.2) is 0 Å². The van der Waals surface area contributed by atoms with Crippen LogP contribution < -0.4 is 5.32 Å². The number of β-amino-alcohol motifs (C(OH)–C–C–N with tert-alkyl or cyclic N) is 1. The van der Waals surface area contributed by atoms with Crippen molar-refractivity contribution in [3.63, 3.8) is 0 Å². The Morgan fingerprint density at radius 1 is 1.67 bits per heavy atom. The maximum absolute atomic E-state index is 12.0. The number of nitrogens with zero attached hydrogens (tertiary/aromatic N) is 1. The minimum Gasteiger partial charge on any atom is -0.392 e. The fourth-order valence-electron chi connectivity index (χ4n) is 1.98. The van der Waals surface area contributed by atoms with Crippen molar-refractivity contribution in [2.75, 3.05) is 13.6 Å². The van der Waals surface area contributed by atoms with Gasteiger partial charge in [-0.2, -0.15) is 0 Å². The number of hydrogen-bond acceptors (Lipinski definition) is 3. The molecular formula is C11H22N2O2. The summed E-state index contributed by atoms with van der Waals surface area (Å²) in [6.07, 6.45) is 2.29. The predicted molar refractivity (Wildman–Crippen MR) is 59.6 cm³/mol. The molecule has 0 aromatic carbocycles. The lowest BCUT2D eigenvalue weighted by Gasteiger charge is -2.27. The Morgan fingerprint density at radius 3 is 2.80 bits per heavy atom. The molecule has 1 fully saturated rings. The van der Waals surface area contributed by atoms with E-state index in [0.29, 0.717) is 13.0 Å². The van der Waals surface area contributed by atoms with E-state index in [1.165, 1.54) is 0 Å². The molecule has 0 saturated carbocycles. The summed E-state index contributed by atoms with van der Waals surface area (Å²) in [6.45, 7) is 4.71. The molecule has 1 saturated heterocycles. The van der Waals surface area contributed by atoms with Crippen LogP contribution in [0.1, 0.15) is 33.1 Å². The molecule has 4 nitrogen and oxygen atoms in total. The standard InChI is InChI=1S/C11H22N2O2/c1-4-5-8(2)13(3)11(15)10-6-9(14)7-12-10/h8-10,12,14H,4-7H2,1-3H3. The number of rotatable bonds is 4. The van der Waals surface area contributed by atoms with Crippen molar-refractivity contribution in [2.45, 2.75) is 51.3 Å². The summed E-state index contributed by atoms with van der Waals surface area (Å²) in [5.41, 5.74) is 0. The highest BCUT2D eigenvalue weighted by Crippen LogP contribution is 2.12. The highest BCUT2D eigenvalue weighted by atomic mass is 16.3. The average Bonchev–Trinajstić information content (AvgIpc) is 2.63. The number of amides is 1. The largest absolute Gasteiger partial charge is 0.392 e. The first kappa shape index (κ1) is 12.5. The van der Waals surface area contributed by atoms with Crippen LogP contribution >= 0.6 is 0 Å². The summed E-state index contributed by atoms with van der Waals surface area (Å²) >= 11 is 0. The molecule has 1 aliphatic heterocycles. The molecular weight excluding hydrogens is 192 g/mol. The van der Waals surface area contributed by atoms with E-state index < -0.39 is 0 Å². The molecule has 0 bridgehead atoms. The van der Waals surface area contributed by atoms with Gasteiger partial charge in [0, 0.05) is 19.6 Å². The minimum atomic E-state index is -0.367. The quantitative estimate of drug-likeness (QED) is 0.710. The zero-order valence-electron chi connectivity index (χ0n) is 9.86. The highest BCUT2D eigenvalue weighted by molar-refractivity contribution is 5.82. The third kappa shape index (κ3) is 3.18. The molecule has 0 radical (unpaired) electrons. The number of carbonyl (C=O) groups is 1. The van der Waals surface area contributed by atoms with Crippen molar-refractivity contribution < 1.29 is 9.90 Å². The van der Waals surface area contributed by atoms with E-state index in [0.717, 1.165) is 12.8 Å². The lowest BCUT2D eigenvalue weighted by Crippen LogP contribution is -2.45. The van der Waals surface area contributed by atoms with Gasteiger partial charge in [0.1, 0.15) is 0 Å². The fourth-order valence-corrected chi connectivity index (χ4v) is 1.98. The topological polar surface area (TPSA) is 52.6 Å². The lowest BCUT2D eigenvalue weighted by molar-refractivity contribution is -0.133. The van der Waals surface area contributed by atoms with Crippen molar-refractivity contribution in [3.05, 3.63) is 0 Å². The molecule has 1 heterocycles. The molecule has 0 aromatic rings. The van der Waals surface area contributed by atoms with E-state index in [9.17, 15) is 9.90 Å². The van der Waals surface area contributed by atoms with Gasteiger partial charge in [-0.05, 0) is 19.8 Å². The molecule has 0 aliphatic carbocycles. The maximum atomic E-state index is 12.0. The van der Waals surface area contributed by atoms with Gasteiger partial charge < -0.3 is 15.3 Å². The Labute approximate surface area is 91.6 Å². The molecule has 1 rings (SSSR count). The summed E-state index contributed by atoms with van der Waals surface area (Å²) in [4.78, 5) is 13.8. The van der Waals surface area contributed by atoms with E-state index in [1.807, 2.05) is 7.05 Å². The second-order valence-electron chi connectivity index (χ2n) is 4.44. The third-order valence-electron chi connectivity index (χ3n) is 3.12. The highest BCUT2D eigenvalue weighted by Gasteiger charge is 2.31. The second kappa shape index (κ2) is 5.47. The molecule has 3 unspecified atom stereocenters. The molecule has 0 spiro atoms. The molecule has 3 atom stereocenters. The predicted octanol–water partition coefficient (Wildman–Crippen LogP) is 0.356. The Balaban J connectivity index is 2.45. The van der Waals surface area contributed by atoms with Crippen LogP contribution in [0, 0.1) is 0 Å².